The summed E-state index contributed by atoms with van der Waals surface area (Å²) in [5.74, 6) is 0.0873. The number of piperidine rings is 1. The highest BCUT2D eigenvalue weighted by Gasteiger charge is 2.26. The number of carbonyl (C=O) groups excluding carboxylic acids is 1. The van der Waals surface area contributed by atoms with Gasteiger partial charge in [0.05, 0.1) is 5.01 Å². The van der Waals surface area contributed by atoms with Crippen molar-refractivity contribution in [3.63, 3.8) is 0 Å². The molecule has 1 fully saturated rings. The van der Waals surface area contributed by atoms with Crippen molar-refractivity contribution in [3.8, 4) is 0 Å². The molecule has 1 amide bonds. The van der Waals surface area contributed by atoms with Gasteiger partial charge in [-0.25, -0.2) is 9.67 Å². The molecule has 2 aromatic rings. The van der Waals surface area contributed by atoms with Crippen molar-refractivity contribution in [2.45, 2.75) is 25.8 Å². The maximum absolute atomic E-state index is 12.5. The van der Waals surface area contributed by atoms with Gasteiger partial charge in [0, 0.05) is 37.3 Å². The van der Waals surface area contributed by atoms with E-state index in [1.54, 1.807) is 22.4 Å². The molecule has 1 aliphatic rings. The fourth-order valence-electron chi connectivity index (χ4n) is 2.74. The van der Waals surface area contributed by atoms with Gasteiger partial charge >= 0.3 is 6.55 Å². The fourth-order valence-corrected chi connectivity index (χ4v) is 3.47. The van der Waals surface area contributed by atoms with E-state index in [2.05, 4.69) is 10.1 Å². The number of hydrogen-bond acceptors (Lipinski definition) is 4. The number of aromatic nitrogens is 3. The molecule has 0 N–H and O–H groups in total. The molecule has 118 valence electrons. The molecule has 5 nitrogen and oxygen atoms in total. The van der Waals surface area contributed by atoms with Crippen LogP contribution in [0.4, 0.5) is 8.78 Å². The van der Waals surface area contributed by atoms with E-state index in [0.29, 0.717) is 23.7 Å². The number of likely N-dealkylation sites (tertiary alicyclic amines) is 1. The first-order valence-corrected chi connectivity index (χ1v) is 8.02. The van der Waals surface area contributed by atoms with Crippen molar-refractivity contribution in [2.24, 2.45) is 5.92 Å². The monoisotopic (exact) mass is 326 g/mol. The van der Waals surface area contributed by atoms with Crippen molar-refractivity contribution >= 4 is 17.2 Å². The minimum Gasteiger partial charge on any atom is -0.337 e. The molecule has 3 rings (SSSR count). The van der Waals surface area contributed by atoms with Crippen LogP contribution in [0.2, 0.25) is 0 Å². The Morgan fingerprint density at radius 1 is 1.50 bits per heavy atom. The molecular weight excluding hydrogens is 310 g/mol. The highest BCUT2D eigenvalue weighted by atomic mass is 32.1. The van der Waals surface area contributed by atoms with Crippen molar-refractivity contribution in [1.82, 2.24) is 19.7 Å². The predicted molar refractivity (Wildman–Crippen MR) is 77.9 cm³/mol. The van der Waals surface area contributed by atoms with Crippen molar-refractivity contribution < 1.29 is 13.6 Å². The maximum atomic E-state index is 12.5. The molecule has 3 heterocycles. The smallest absolute Gasteiger partial charge is 0.333 e. The Kier molecular flexibility index (Phi) is 4.47. The lowest BCUT2D eigenvalue weighted by Gasteiger charge is -2.32. The van der Waals surface area contributed by atoms with Gasteiger partial charge in [-0.05, 0) is 24.8 Å². The summed E-state index contributed by atoms with van der Waals surface area (Å²) >= 11 is 1.62. The highest BCUT2D eigenvalue weighted by Crippen LogP contribution is 2.23. The lowest BCUT2D eigenvalue weighted by molar-refractivity contribution is 0.0542. The van der Waals surface area contributed by atoms with E-state index in [1.165, 1.54) is 6.07 Å². The third-order valence-corrected chi connectivity index (χ3v) is 4.58. The minimum absolute atomic E-state index is 0.0789. The third kappa shape index (κ3) is 3.32. The molecule has 2 aromatic heterocycles. The number of halogens is 2. The van der Waals surface area contributed by atoms with Crippen LogP contribution in [-0.4, -0.2) is 38.7 Å². The van der Waals surface area contributed by atoms with E-state index < -0.39 is 6.55 Å². The fraction of sp³-hybridized carbons (Fsp3) is 0.500. The number of nitrogens with zero attached hydrogens (tertiary/aromatic N) is 4. The van der Waals surface area contributed by atoms with Crippen LogP contribution >= 0.6 is 11.3 Å². The number of alkyl halides is 2. The van der Waals surface area contributed by atoms with E-state index in [1.807, 2.05) is 5.38 Å². The summed E-state index contributed by atoms with van der Waals surface area (Å²) in [5.41, 5.74) is 0.0789. The summed E-state index contributed by atoms with van der Waals surface area (Å²) < 4.78 is 25.6. The highest BCUT2D eigenvalue weighted by molar-refractivity contribution is 7.09. The largest absolute Gasteiger partial charge is 0.337 e. The Morgan fingerprint density at radius 2 is 2.36 bits per heavy atom. The number of hydrogen-bond donors (Lipinski definition) is 0. The van der Waals surface area contributed by atoms with Crippen LogP contribution in [0.3, 0.4) is 0 Å². The van der Waals surface area contributed by atoms with Gasteiger partial charge in [0.25, 0.3) is 5.91 Å². The molecule has 8 heteroatoms. The molecule has 0 unspecified atom stereocenters. The van der Waals surface area contributed by atoms with Crippen LogP contribution in [0, 0.1) is 5.92 Å². The average molecular weight is 326 g/mol. The van der Waals surface area contributed by atoms with E-state index in [0.717, 1.165) is 30.5 Å². The molecule has 0 spiro atoms. The molecule has 22 heavy (non-hydrogen) atoms. The molecule has 0 aliphatic carbocycles. The van der Waals surface area contributed by atoms with Gasteiger partial charge in [0.2, 0.25) is 0 Å². The summed E-state index contributed by atoms with van der Waals surface area (Å²) in [6.45, 7) is -1.45. The molecule has 1 aliphatic heterocycles. The van der Waals surface area contributed by atoms with E-state index in [4.69, 9.17) is 0 Å². The van der Waals surface area contributed by atoms with E-state index in [9.17, 15) is 13.6 Å². The van der Waals surface area contributed by atoms with Gasteiger partial charge in [-0.1, -0.05) is 0 Å². The van der Waals surface area contributed by atoms with Gasteiger partial charge < -0.3 is 4.90 Å². The Hall–Kier alpha value is -1.83. The van der Waals surface area contributed by atoms with Crippen LogP contribution in [0.5, 0.6) is 0 Å². The first kappa shape index (κ1) is 15.1. The molecular formula is C14H16F2N4OS. The second-order valence-electron chi connectivity index (χ2n) is 5.35. The van der Waals surface area contributed by atoms with Gasteiger partial charge in [-0.15, -0.1) is 11.3 Å². The quantitative estimate of drug-likeness (QED) is 0.868. The van der Waals surface area contributed by atoms with Crippen LogP contribution in [-0.2, 0) is 6.42 Å². The number of thiazole rings is 1. The molecule has 0 saturated carbocycles. The second kappa shape index (κ2) is 6.51. The second-order valence-corrected chi connectivity index (χ2v) is 6.33. The van der Waals surface area contributed by atoms with Crippen molar-refractivity contribution in [2.75, 3.05) is 13.1 Å². The van der Waals surface area contributed by atoms with Gasteiger partial charge in [0.1, 0.15) is 0 Å². The summed E-state index contributed by atoms with van der Waals surface area (Å²) in [7, 11) is 0. The molecule has 1 saturated heterocycles. The third-order valence-electron chi connectivity index (χ3n) is 3.78. The van der Waals surface area contributed by atoms with Crippen LogP contribution < -0.4 is 0 Å². The first-order valence-electron chi connectivity index (χ1n) is 7.14. The van der Waals surface area contributed by atoms with Gasteiger partial charge in [0.15, 0.2) is 5.69 Å². The summed E-state index contributed by atoms with van der Waals surface area (Å²) in [5, 5.41) is 6.66. The maximum Gasteiger partial charge on any atom is 0.333 e. The van der Waals surface area contributed by atoms with Gasteiger partial charge in [-0.2, -0.15) is 13.9 Å². The number of rotatable bonds is 4. The van der Waals surface area contributed by atoms with E-state index in [-0.39, 0.29) is 11.6 Å². The van der Waals surface area contributed by atoms with Crippen molar-refractivity contribution in [3.05, 3.63) is 34.5 Å². The minimum atomic E-state index is -2.72. The normalized spacial score (nSPS) is 18.9. The Bertz CT molecular complexity index is 629. The Morgan fingerprint density at radius 3 is 3.05 bits per heavy atom. The average Bonchev–Trinajstić information content (AvgIpc) is 3.18. The topological polar surface area (TPSA) is 51.0 Å². The zero-order valence-electron chi connectivity index (χ0n) is 11.9. The lowest BCUT2D eigenvalue weighted by atomic mass is 9.95. The molecule has 0 aromatic carbocycles. The summed E-state index contributed by atoms with van der Waals surface area (Å²) in [4.78, 5) is 18.4. The summed E-state index contributed by atoms with van der Waals surface area (Å²) in [6.07, 6.45) is 5.73. The summed E-state index contributed by atoms with van der Waals surface area (Å²) in [6, 6.07) is 1.35. The van der Waals surface area contributed by atoms with Crippen LogP contribution in [0.1, 0.15) is 34.9 Å². The molecule has 0 bridgehead atoms. The SMILES string of the molecule is O=C(c1ccn(C(F)F)n1)N1CCC[C@@H](Cc2nccs2)C1. The van der Waals surface area contributed by atoms with Crippen LogP contribution in [0.25, 0.3) is 0 Å². The Labute approximate surface area is 130 Å². The lowest BCUT2D eigenvalue weighted by Crippen LogP contribution is -2.40. The van der Waals surface area contributed by atoms with E-state index >= 15 is 0 Å². The standard InChI is InChI=1S/C14H16F2N4OS/c15-14(16)20-6-3-11(18-20)13(21)19-5-1-2-10(9-19)8-12-17-4-7-22-12/h3-4,6-7,10,14H,1-2,5,8-9H2/t10-/m0/s1. The predicted octanol–water partition coefficient (Wildman–Crippen LogP) is 2.83. The molecule has 0 radical (unpaired) electrons. The zero-order chi connectivity index (χ0) is 15.5. The van der Waals surface area contributed by atoms with Gasteiger partial charge in [-0.3, -0.25) is 4.79 Å². The zero-order valence-corrected chi connectivity index (χ0v) is 12.7. The number of carbonyl (C=O) groups is 1. The van der Waals surface area contributed by atoms with Crippen LogP contribution in [0.15, 0.2) is 23.8 Å². The number of amides is 1. The Balaban J connectivity index is 1.64. The van der Waals surface area contributed by atoms with Crippen molar-refractivity contribution in [1.29, 1.82) is 0 Å². The molecule has 1 atom stereocenters. The first-order chi connectivity index (χ1) is 10.6.